The Hall–Kier alpha value is -3.08. The summed E-state index contributed by atoms with van der Waals surface area (Å²) in [6.07, 6.45) is 2.33. The molecule has 0 bridgehead atoms. The summed E-state index contributed by atoms with van der Waals surface area (Å²) in [4.78, 5) is 16.8. The van der Waals surface area contributed by atoms with Gasteiger partial charge >= 0.3 is 0 Å². The third kappa shape index (κ3) is 4.37. The maximum atomic E-state index is 12.3. The zero-order chi connectivity index (χ0) is 19.4. The molecule has 0 unspecified atom stereocenters. The lowest BCUT2D eigenvalue weighted by Crippen LogP contribution is -2.25. The minimum atomic E-state index is -0.199. The summed E-state index contributed by atoms with van der Waals surface area (Å²) in [5, 5.41) is 2.85. The Morgan fingerprint density at radius 1 is 1.07 bits per heavy atom. The molecular weight excluding hydrogens is 340 g/mol. The molecule has 0 atom stereocenters. The average Bonchev–Trinajstić information content (AvgIpc) is 3.01. The first-order valence-electron chi connectivity index (χ1n) is 8.91. The normalized spacial score (nSPS) is 15.1. The molecule has 0 saturated carbocycles. The topological polar surface area (TPSA) is 59.9 Å². The summed E-state index contributed by atoms with van der Waals surface area (Å²) in [6.45, 7) is 4.26. The van der Waals surface area contributed by atoms with Gasteiger partial charge in [-0.2, -0.15) is 0 Å². The summed E-state index contributed by atoms with van der Waals surface area (Å²) in [5.41, 5.74) is 3.47. The van der Waals surface area contributed by atoms with Crippen molar-refractivity contribution in [2.75, 3.05) is 14.2 Å². The standard InChI is InChI=1S/C22H24N2O3/c1-14(2)16-7-10-20(27-4)17(12-16)13-19-22(25)24-21(23-19)11-15-5-8-18(26-3)9-6-15/h5-10,12-14H,11H2,1-4H3,(H,23,24,25)/b19-13-. The molecule has 2 aromatic rings. The van der Waals surface area contributed by atoms with Crippen LogP contribution < -0.4 is 14.8 Å². The Morgan fingerprint density at radius 2 is 1.81 bits per heavy atom. The van der Waals surface area contributed by atoms with Gasteiger partial charge in [0.05, 0.1) is 14.2 Å². The van der Waals surface area contributed by atoms with Crippen molar-refractivity contribution in [1.82, 2.24) is 5.32 Å². The lowest BCUT2D eigenvalue weighted by atomic mass is 10.00. The summed E-state index contributed by atoms with van der Waals surface area (Å²) >= 11 is 0. The highest BCUT2D eigenvalue weighted by Crippen LogP contribution is 2.27. The van der Waals surface area contributed by atoms with E-state index in [1.54, 1.807) is 20.3 Å². The fourth-order valence-electron chi connectivity index (χ4n) is 2.91. The minimum absolute atomic E-state index is 0.199. The number of carbonyl (C=O) groups excluding carboxylic acids is 1. The average molecular weight is 364 g/mol. The van der Waals surface area contributed by atoms with E-state index in [4.69, 9.17) is 9.47 Å². The van der Waals surface area contributed by atoms with Crippen LogP contribution in [0.4, 0.5) is 0 Å². The van der Waals surface area contributed by atoms with Crippen molar-refractivity contribution in [1.29, 1.82) is 0 Å². The van der Waals surface area contributed by atoms with Gasteiger partial charge in [-0.3, -0.25) is 4.79 Å². The van der Waals surface area contributed by atoms with Crippen molar-refractivity contribution < 1.29 is 14.3 Å². The van der Waals surface area contributed by atoms with E-state index in [2.05, 4.69) is 24.2 Å². The van der Waals surface area contributed by atoms with E-state index in [9.17, 15) is 4.79 Å². The summed E-state index contributed by atoms with van der Waals surface area (Å²) in [6, 6.07) is 13.7. The Balaban J connectivity index is 1.85. The van der Waals surface area contributed by atoms with Crippen LogP contribution in [0.5, 0.6) is 11.5 Å². The number of amidine groups is 1. The van der Waals surface area contributed by atoms with Crippen molar-refractivity contribution >= 4 is 17.8 Å². The largest absolute Gasteiger partial charge is 0.497 e. The van der Waals surface area contributed by atoms with Crippen LogP contribution >= 0.6 is 0 Å². The van der Waals surface area contributed by atoms with Crippen LogP contribution in [-0.4, -0.2) is 26.0 Å². The van der Waals surface area contributed by atoms with E-state index in [1.165, 1.54) is 5.56 Å². The Labute approximate surface area is 159 Å². The molecule has 140 valence electrons. The second kappa shape index (κ2) is 8.08. The van der Waals surface area contributed by atoms with Crippen molar-refractivity contribution in [2.45, 2.75) is 26.2 Å². The van der Waals surface area contributed by atoms with Crippen LogP contribution in [0.25, 0.3) is 6.08 Å². The zero-order valence-electron chi connectivity index (χ0n) is 16.1. The first-order chi connectivity index (χ1) is 13.0. The molecular formula is C22H24N2O3. The molecule has 1 amide bonds. The number of methoxy groups -OCH3 is 2. The SMILES string of the molecule is COc1ccc(CC2=N/C(=C\c3cc(C(C)C)ccc3OC)C(=O)N2)cc1. The molecule has 5 heteroatoms. The molecule has 27 heavy (non-hydrogen) atoms. The molecule has 0 spiro atoms. The highest BCUT2D eigenvalue weighted by Gasteiger charge is 2.21. The van der Waals surface area contributed by atoms with Gasteiger partial charge in [0.25, 0.3) is 5.91 Å². The van der Waals surface area contributed by atoms with Crippen molar-refractivity contribution in [3.8, 4) is 11.5 Å². The molecule has 1 aliphatic rings. The van der Waals surface area contributed by atoms with Crippen LogP contribution in [0.3, 0.4) is 0 Å². The second-order valence-electron chi connectivity index (χ2n) is 6.72. The van der Waals surface area contributed by atoms with E-state index in [0.717, 1.165) is 22.6 Å². The third-order valence-corrected chi connectivity index (χ3v) is 4.49. The maximum absolute atomic E-state index is 12.3. The molecule has 1 aliphatic heterocycles. The van der Waals surface area contributed by atoms with Crippen molar-refractivity contribution in [2.24, 2.45) is 4.99 Å². The number of nitrogens with one attached hydrogen (secondary N) is 1. The van der Waals surface area contributed by atoms with E-state index < -0.39 is 0 Å². The fourth-order valence-corrected chi connectivity index (χ4v) is 2.91. The van der Waals surface area contributed by atoms with Crippen molar-refractivity contribution in [3.63, 3.8) is 0 Å². The number of ether oxygens (including phenoxy) is 2. The second-order valence-corrected chi connectivity index (χ2v) is 6.72. The van der Waals surface area contributed by atoms with Gasteiger partial charge < -0.3 is 14.8 Å². The molecule has 0 radical (unpaired) electrons. The first kappa shape index (κ1) is 18.7. The summed E-state index contributed by atoms with van der Waals surface area (Å²) in [5.74, 6) is 2.35. The number of hydrogen-bond donors (Lipinski definition) is 1. The van der Waals surface area contributed by atoms with E-state index in [0.29, 0.717) is 23.9 Å². The quantitative estimate of drug-likeness (QED) is 0.790. The van der Waals surface area contributed by atoms with Gasteiger partial charge in [0.15, 0.2) is 0 Å². The third-order valence-electron chi connectivity index (χ3n) is 4.49. The number of carbonyl (C=O) groups is 1. The van der Waals surface area contributed by atoms with Gasteiger partial charge in [-0.1, -0.05) is 32.0 Å². The molecule has 0 saturated heterocycles. The molecule has 3 rings (SSSR count). The highest BCUT2D eigenvalue weighted by molar-refractivity contribution is 6.14. The predicted octanol–water partition coefficient (Wildman–Crippen LogP) is 3.94. The van der Waals surface area contributed by atoms with Crippen LogP contribution in [0, 0.1) is 0 Å². The number of aliphatic imine (C=N–C) groups is 1. The minimum Gasteiger partial charge on any atom is -0.497 e. The Morgan fingerprint density at radius 3 is 2.44 bits per heavy atom. The Kier molecular flexibility index (Phi) is 5.60. The molecule has 1 N–H and O–H groups in total. The van der Waals surface area contributed by atoms with E-state index >= 15 is 0 Å². The summed E-state index contributed by atoms with van der Waals surface area (Å²) < 4.78 is 10.6. The van der Waals surface area contributed by atoms with Gasteiger partial charge in [0.1, 0.15) is 23.0 Å². The van der Waals surface area contributed by atoms with Crippen LogP contribution in [0.1, 0.15) is 36.5 Å². The summed E-state index contributed by atoms with van der Waals surface area (Å²) in [7, 11) is 3.26. The predicted molar refractivity (Wildman–Crippen MR) is 107 cm³/mol. The number of nitrogens with zero attached hydrogens (tertiary/aromatic N) is 1. The van der Waals surface area contributed by atoms with E-state index in [-0.39, 0.29) is 5.91 Å². The smallest absolute Gasteiger partial charge is 0.275 e. The van der Waals surface area contributed by atoms with Crippen LogP contribution in [0.2, 0.25) is 0 Å². The molecule has 2 aromatic carbocycles. The van der Waals surface area contributed by atoms with Crippen LogP contribution in [-0.2, 0) is 11.2 Å². The number of rotatable bonds is 6. The zero-order valence-corrected chi connectivity index (χ0v) is 16.1. The maximum Gasteiger partial charge on any atom is 0.275 e. The number of hydrogen-bond acceptors (Lipinski definition) is 4. The van der Waals surface area contributed by atoms with Gasteiger partial charge in [0.2, 0.25) is 0 Å². The number of benzene rings is 2. The Bertz CT molecular complexity index is 896. The molecule has 0 fully saturated rings. The lowest BCUT2D eigenvalue weighted by Gasteiger charge is -2.10. The number of amides is 1. The lowest BCUT2D eigenvalue weighted by molar-refractivity contribution is -0.115. The first-order valence-corrected chi connectivity index (χ1v) is 8.91. The molecule has 0 aliphatic carbocycles. The highest BCUT2D eigenvalue weighted by atomic mass is 16.5. The monoisotopic (exact) mass is 364 g/mol. The molecule has 0 aromatic heterocycles. The molecule has 1 heterocycles. The van der Waals surface area contributed by atoms with Gasteiger partial charge in [-0.15, -0.1) is 0 Å². The van der Waals surface area contributed by atoms with Crippen molar-refractivity contribution in [3.05, 3.63) is 64.9 Å². The fraction of sp³-hybridized carbons (Fsp3) is 0.273. The van der Waals surface area contributed by atoms with Gasteiger partial charge in [-0.25, -0.2) is 4.99 Å². The molecule has 5 nitrogen and oxygen atoms in total. The van der Waals surface area contributed by atoms with Crippen LogP contribution in [0.15, 0.2) is 53.2 Å². The van der Waals surface area contributed by atoms with Gasteiger partial charge in [-0.05, 0) is 47.4 Å². The van der Waals surface area contributed by atoms with Gasteiger partial charge in [0, 0.05) is 12.0 Å². The van der Waals surface area contributed by atoms with E-state index in [1.807, 2.05) is 42.5 Å².